The Labute approximate surface area is 201 Å². The zero-order valence-electron chi connectivity index (χ0n) is 18.9. The molecular formula is C22H24ClN7O4. The van der Waals surface area contributed by atoms with Crippen LogP contribution in [0.4, 0.5) is 16.3 Å². The number of nitrogens with zero attached hydrogens (tertiary/aromatic N) is 5. The van der Waals surface area contributed by atoms with Crippen LogP contribution in [0.25, 0.3) is 11.4 Å². The number of halogens is 1. The lowest BCUT2D eigenvalue weighted by molar-refractivity contribution is -0.116. The van der Waals surface area contributed by atoms with Gasteiger partial charge >= 0.3 is 6.09 Å². The minimum Gasteiger partial charge on any atom is -0.502 e. The highest BCUT2D eigenvalue weighted by Crippen LogP contribution is 2.26. The molecule has 0 saturated carbocycles. The molecule has 0 aromatic carbocycles. The number of hydrogen-bond donors (Lipinski definition) is 2. The smallest absolute Gasteiger partial charge is 0.413 e. The van der Waals surface area contributed by atoms with Crippen LogP contribution in [0, 0.1) is 0 Å². The van der Waals surface area contributed by atoms with Crippen LogP contribution in [-0.2, 0) is 21.3 Å². The third kappa shape index (κ3) is 6.29. The largest absolute Gasteiger partial charge is 0.502 e. The minimum absolute atomic E-state index is 0.194. The standard InChI is InChI=1S/C22H24ClN7O4/c1-13(33-4)7-10-18(31)26-15-8-9-17(25-12-15)19-21(30(3)29-28-19)27-22(32)34-14(2)16-6-5-11-24-20(16)23/h5-6,8-9,11-12,14H,1,7,10H2,2-4H3,(H,26,31)(H,27,32)/t14-/m1/s1. The number of aryl methyl sites for hydroxylation is 1. The quantitative estimate of drug-likeness (QED) is 0.341. The molecule has 0 saturated heterocycles. The molecule has 0 aliphatic heterocycles. The summed E-state index contributed by atoms with van der Waals surface area (Å²) < 4.78 is 11.8. The molecule has 0 spiro atoms. The molecule has 0 fully saturated rings. The van der Waals surface area contributed by atoms with Crippen LogP contribution in [0.2, 0.25) is 5.15 Å². The Morgan fingerprint density at radius 3 is 2.68 bits per heavy atom. The molecule has 3 heterocycles. The van der Waals surface area contributed by atoms with Crippen molar-refractivity contribution in [1.82, 2.24) is 25.0 Å². The van der Waals surface area contributed by atoms with Crippen molar-refractivity contribution in [2.24, 2.45) is 7.05 Å². The number of carbonyl (C=O) groups is 2. The van der Waals surface area contributed by atoms with Crippen molar-refractivity contribution in [3.8, 4) is 11.4 Å². The van der Waals surface area contributed by atoms with Gasteiger partial charge in [-0.1, -0.05) is 29.5 Å². The average molecular weight is 486 g/mol. The van der Waals surface area contributed by atoms with Crippen LogP contribution in [0.1, 0.15) is 31.4 Å². The summed E-state index contributed by atoms with van der Waals surface area (Å²) in [6.45, 7) is 5.37. The fourth-order valence-electron chi connectivity index (χ4n) is 2.91. The molecule has 0 radical (unpaired) electrons. The SMILES string of the molecule is C=C(CCC(=O)Nc1ccc(-c2nnn(C)c2NC(=O)O[C@H](C)c2cccnc2Cl)nc1)OC. The summed E-state index contributed by atoms with van der Waals surface area (Å²) in [7, 11) is 3.13. The third-order valence-corrected chi connectivity index (χ3v) is 5.08. The Kier molecular flexibility index (Phi) is 8.14. The van der Waals surface area contributed by atoms with Gasteiger partial charge in [0.1, 0.15) is 11.3 Å². The number of nitrogens with one attached hydrogen (secondary N) is 2. The zero-order chi connectivity index (χ0) is 24.7. The van der Waals surface area contributed by atoms with Crippen molar-refractivity contribution in [3.63, 3.8) is 0 Å². The molecule has 0 bridgehead atoms. The van der Waals surface area contributed by atoms with Crippen molar-refractivity contribution >= 4 is 35.1 Å². The maximum absolute atomic E-state index is 12.5. The van der Waals surface area contributed by atoms with Gasteiger partial charge in [0, 0.05) is 31.6 Å². The highest BCUT2D eigenvalue weighted by Gasteiger charge is 2.20. The molecule has 3 aromatic rings. The van der Waals surface area contributed by atoms with Crippen LogP contribution in [-0.4, -0.2) is 44.1 Å². The fourth-order valence-corrected chi connectivity index (χ4v) is 3.18. The third-order valence-electron chi connectivity index (χ3n) is 4.77. The Morgan fingerprint density at radius 1 is 1.21 bits per heavy atom. The first kappa shape index (κ1) is 24.6. The van der Waals surface area contributed by atoms with Crippen LogP contribution in [0.5, 0.6) is 0 Å². The van der Waals surface area contributed by atoms with E-state index >= 15 is 0 Å². The van der Waals surface area contributed by atoms with E-state index in [1.807, 2.05) is 0 Å². The Balaban J connectivity index is 1.66. The minimum atomic E-state index is -0.722. The number of allylic oxidation sites excluding steroid dienone is 1. The summed E-state index contributed by atoms with van der Waals surface area (Å²) in [5.41, 5.74) is 1.86. The first-order valence-corrected chi connectivity index (χ1v) is 10.6. The number of pyridine rings is 2. The first-order valence-electron chi connectivity index (χ1n) is 10.2. The molecule has 0 unspecified atom stereocenters. The number of carbonyl (C=O) groups excluding carboxylic acids is 2. The monoisotopic (exact) mass is 485 g/mol. The molecule has 34 heavy (non-hydrogen) atoms. The van der Waals surface area contributed by atoms with Crippen molar-refractivity contribution < 1.29 is 19.1 Å². The van der Waals surface area contributed by atoms with Gasteiger partial charge in [-0.25, -0.2) is 14.5 Å². The average Bonchev–Trinajstić information content (AvgIpc) is 3.18. The van der Waals surface area contributed by atoms with E-state index in [2.05, 4.69) is 37.5 Å². The highest BCUT2D eigenvalue weighted by molar-refractivity contribution is 6.30. The molecule has 0 aliphatic carbocycles. The van der Waals surface area contributed by atoms with Crippen LogP contribution in [0.15, 0.2) is 49.0 Å². The van der Waals surface area contributed by atoms with Crippen LogP contribution in [0.3, 0.4) is 0 Å². The van der Waals surface area contributed by atoms with E-state index in [-0.39, 0.29) is 23.3 Å². The Hall–Kier alpha value is -3.99. The van der Waals surface area contributed by atoms with Crippen molar-refractivity contribution in [3.05, 3.63) is 59.7 Å². The number of anilines is 2. The summed E-state index contributed by atoms with van der Waals surface area (Å²) in [4.78, 5) is 32.9. The summed E-state index contributed by atoms with van der Waals surface area (Å²) >= 11 is 6.07. The van der Waals surface area contributed by atoms with E-state index in [1.165, 1.54) is 18.0 Å². The van der Waals surface area contributed by atoms with Crippen molar-refractivity contribution in [2.75, 3.05) is 17.7 Å². The summed E-state index contributed by atoms with van der Waals surface area (Å²) in [5.74, 6) is 0.625. The second-order valence-corrected chi connectivity index (χ2v) is 7.55. The number of ether oxygens (including phenoxy) is 2. The molecule has 178 valence electrons. The van der Waals surface area contributed by atoms with E-state index in [4.69, 9.17) is 21.1 Å². The molecule has 3 rings (SSSR count). The zero-order valence-corrected chi connectivity index (χ0v) is 19.7. The van der Waals surface area contributed by atoms with E-state index in [0.717, 1.165) is 0 Å². The van der Waals surface area contributed by atoms with Crippen molar-refractivity contribution in [2.45, 2.75) is 25.9 Å². The number of amides is 2. The van der Waals surface area contributed by atoms with E-state index in [1.54, 1.807) is 44.4 Å². The fraction of sp³-hybridized carbons (Fsp3) is 0.273. The lowest BCUT2D eigenvalue weighted by Gasteiger charge is -2.15. The van der Waals surface area contributed by atoms with Gasteiger partial charge < -0.3 is 14.8 Å². The molecule has 2 N–H and O–H groups in total. The molecule has 0 aliphatic rings. The lowest BCUT2D eigenvalue weighted by Crippen LogP contribution is -2.18. The van der Waals surface area contributed by atoms with Gasteiger partial charge in [-0.3, -0.25) is 15.1 Å². The Bertz CT molecular complexity index is 1180. The van der Waals surface area contributed by atoms with Gasteiger partial charge in [0.05, 0.1) is 30.4 Å². The van der Waals surface area contributed by atoms with E-state index in [0.29, 0.717) is 34.8 Å². The predicted octanol–water partition coefficient (Wildman–Crippen LogP) is 4.11. The summed E-state index contributed by atoms with van der Waals surface area (Å²) in [6.07, 6.45) is 2.34. The molecule has 1 atom stereocenters. The molecule has 3 aromatic heterocycles. The second kappa shape index (κ2) is 11.2. The lowest BCUT2D eigenvalue weighted by atomic mass is 10.2. The van der Waals surface area contributed by atoms with Gasteiger partial charge in [-0.15, -0.1) is 5.10 Å². The van der Waals surface area contributed by atoms with Gasteiger partial charge in [0.2, 0.25) is 5.91 Å². The number of aromatic nitrogens is 5. The Morgan fingerprint density at radius 2 is 2.00 bits per heavy atom. The first-order chi connectivity index (χ1) is 16.3. The van der Waals surface area contributed by atoms with Gasteiger partial charge in [0.15, 0.2) is 11.5 Å². The normalized spacial score (nSPS) is 11.4. The van der Waals surface area contributed by atoms with Crippen LogP contribution >= 0.6 is 11.6 Å². The van der Waals surface area contributed by atoms with Crippen LogP contribution < -0.4 is 10.6 Å². The number of rotatable bonds is 9. The van der Waals surface area contributed by atoms with E-state index in [9.17, 15) is 9.59 Å². The van der Waals surface area contributed by atoms with Crippen molar-refractivity contribution in [1.29, 1.82) is 0 Å². The molecule has 12 heteroatoms. The topological polar surface area (TPSA) is 133 Å². The van der Waals surface area contributed by atoms with Gasteiger partial charge in [-0.05, 0) is 25.1 Å². The molecule has 2 amide bonds. The summed E-state index contributed by atoms with van der Waals surface area (Å²) in [6, 6.07) is 6.76. The maximum Gasteiger partial charge on any atom is 0.413 e. The maximum atomic E-state index is 12.5. The summed E-state index contributed by atoms with van der Waals surface area (Å²) in [5, 5.41) is 13.7. The predicted molar refractivity (Wildman–Crippen MR) is 126 cm³/mol. The molecular weight excluding hydrogens is 462 g/mol. The number of methoxy groups -OCH3 is 1. The second-order valence-electron chi connectivity index (χ2n) is 7.19. The molecule has 11 nitrogen and oxygen atoms in total. The number of hydrogen-bond acceptors (Lipinski definition) is 8. The van der Waals surface area contributed by atoms with E-state index < -0.39 is 12.2 Å². The van der Waals surface area contributed by atoms with Gasteiger partial charge in [0.25, 0.3) is 0 Å². The van der Waals surface area contributed by atoms with Gasteiger partial charge in [-0.2, -0.15) is 0 Å². The highest BCUT2D eigenvalue weighted by atomic mass is 35.5.